The highest BCUT2D eigenvalue weighted by molar-refractivity contribution is 5.82. The van der Waals surface area contributed by atoms with E-state index in [2.05, 4.69) is 34.1 Å². The Bertz CT molecular complexity index is 519. The van der Waals surface area contributed by atoms with E-state index >= 15 is 0 Å². The molecular formula is C13H14N2O. The minimum absolute atomic E-state index is 0.382. The zero-order valence-electron chi connectivity index (χ0n) is 9.10. The number of carbonyl (C=O) groups is 1. The molecule has 1 aromatic carbocycles. The Morgan fingerprint density at radius 1 is 1.00 bits per heavy atom. The van der Waals surface area contributed by atoms with Crippen LogP contribution in [0.25, 0.3) is 10.9 Å². The summed E-state index contributed by atoms with van der Waals surface area (Å²) in [4.78, 5) is 11.2. The Morgan fingerprint density at radius 3 is 2.56 bits per heavy atom. The number of para-hydroxylation sites is 1. The number of hydrogen-bond donors (Lipinski definition) is 0. The van der Waals surface area contributed by atoms with E-state index in [1.54, 1.807) is 0 Å². The topological polar surface area (TPSA) is 25.2 Å². The second kappa shape index (κ2) is 3.67. The molecule has 2 aromatic rings. The van der Waals surface area contributed by atoms with Crippen LogP contribution in [0.1, 0.15) is 12.8 Å². The van der Waals surface area contributed by atoms with Gasteiger partial charge in [0.05, 0.1) is 5.52 Å². The molecule has 1 saturated heterocycles. The van der Waals surface area contributed by atoms with E-state index in [1.165, 1.54) is 10.9 Å². The molecule has 3 rings (SSSR count). The maximum Gasteiger partial charge on any atom is 0.136 e. The summed E-state index contributed by atoms with van der Waals surface area (Å²) in [6, 6.07) is 10.4. The number of nitrogens with zero attached hydrogens (tertiary/aromatic N) is 2. The Kier molecular flexibility index (Phi) is 2.17. The lowest BCUT2D eigenvalue weighted by molar-refractivity contribution is -0.119. The smallest absolute Gasteiger partial charge is 0.136 e. The SMILES string of the molecule is O=C1CCN(n2ccc3ccccc32)CC1. The second-order valence-corrected chi connectivity index (χ2v) is 4.21. The van der Waals surface area contributed by atoms with Crippen molar-refractivity contribution in [3.05, 3.63) is 36.5 Å². The van der Waals surface area contributed by atoms with Crippen LogP contribution in [-0.2, 0) is 4.79 Å². The van der Waals surface area contributed by atoms with Crippen LogP contribution in [0, 0.1) is 0 Å². The molecule has 0 N–H and O–H groups in total. The fraction of sp³-hybridized carbons (Fsp3) is 0.308. The van der Waals surface area contributed by atoms with Crippen LogP contribution in [0.4, 0.5) is 0 Å². The van der Waals surface area contributed by atoms with E-state index < -0.39 is 0 Å². The van der Waals surface area contributed by atoms with Crippen molar-refractivity contribution < 1.29 is 4.79 Å². The van der Waals surface area contributed by atoms with Gasteiger partial charge in [0.1, 0.15) is 5.78 Å². The summed E-state index contributed by atoms with van der Waals surface area (Å²) in [6.45, 7) is 1.66. The molecule has 1 aliphatic rings. The van der Waals surface area contributed by atoms with Crippen LogP contribution in [-0.4, -0.2) is 23.5 Å². The highest BCUT2D eigenvalue weighted by atomic mass is 16.1. The third-order valence-electron chi connectivity index (χ3n) is 3.18. The van der Waals surface area contributed by atoms with Gasteiger partial charge in [-0.2, -0.15) is 0 Å². The van der Waals surface area contributed by atoms with Crippen LogP contribution < -0.4 is 5.01 Å². The molecule has 0 spiro atoms. The van der Waals surface area contributed by atoms with Crippen molar-refractivity contribution in [2.24, 2.45) is 0 Å². The highest BCUT2D eigenvalue weighted by Crippen LogP contribution is 2.17. The van der Waals surface area contributed by atoms with Gasteiger partial charge in [-0.25, -0.2) is 0 Å². The fourth-order valence-corrected chi connectivity index (χ4v) is 2.27. The molecule has 0 amide bonds. The number of rotatable bonds is 1. The van der Waals surface area contributed by atoms with E-state index in [4.69, 9.17) is 0 Å². The van der Waals surface area contributed by atoms with Crippen LogP contribution in [0.15, 0.2) is 36.5 Å². The molecule has 1 aromatic heterocycles. The minimum atomic E-state index is 0.382. The van der Waals surface area contributed by atoms with E-state index in [1.807, 2.05) is 12.1 Å². The maximum atomic E-state index is 11.2. The van der Waals surface area contributed by atoms with Crippen LogP contribution in [0.2, 0.25) is 0 Å². The largest absolute Gasteiger partial charge is 0.312 e. The van der Waals surface area contributed by atoms with Crippen LogP contribution >= 0.6 is 0 Å². The number of ketones is 1. The quantitative estimate of drug-likeness (QED) is 0.725. The average molecular weight is 214 g/mol. The van der Waals surface area contributed by atoms with Crippen molar-refractivity contribution in [2.45, 2.75) is 12.8 Å². The second-order valence-electron chi connectivity index (χ2n) is 4.21. The Labute approximate surface area is 94.2 Å². The third-order valence-corrected chi connectivity index (χ3v) is 3.18. The summed E-state index contributed by atoms with van der Waals surface area (Å²) in [5, 5.41) is 3.49. The molecule has 3 nitrogen and oxygen atoms in total. The molecule has 2 heterocycles. The van der Waals surface area contributed by atoms with Gasteiger partial charge in [-0.05, 0) is 12.1 Å². The lowest BCUT2D eigenvalue weighted by atomic mass is 10.1. The summed E-state index contributed by atoms with van der Waals surface area (Å²) < 4.78 is 2.17. The molecule has 0 radical (unpaired) electrons. The van der Waals surface area contributed by atoms with Crippen molar-refractivity contribution in [3.8, 4) is 0 Å². The van der Waals surface area contributed by atoms with Gasteiger partial charge in [-0.1, -0.05) is 18.2 Å². The number of fused-ring (bicyclic) bond motifs is 1. The van der Waals surface area contributed by atoms with E-state index in [-0.39, 0.29) is 0 Å². The number of benzene rings is 1. The van der Waals surface area contributed by atoms with Gasteiger partial charge in [-0.15, -0.1) is 0 Å². The van der Waals surface area contributed by atoms with Gasteiger partial charge in [0.25, 0.3) is 0 Å². The summed E-state index contributed by atoms with van der Waals surface area (Å²) >= 11 is 0. The molecular weight excluding hydrogens is 200 g/mol. The molecule has 1 fully saturated rings. The normalized spacial score (nSPS) is 17.0. The van der Waals surface area contributed by atoms with Gasteiger partial charge in [0, 0.05) is 37.5 Å². The molecule has 0 unspecified atom stereocenters. The molecule has 0 saturated carbocycles. The zero-order chi connectivity index (χ0) is 11.0. The summed E-state index contributed by atoms with van der Waals surface area (Å²) in [5.41, 5.74) is 1.22. The molecule has 0 bridgehead atoms. The Morgan fingerprint density at radius 2 is 1.75 bits per heavy atom. The number of aromatic nitrogens is 1. The van der Waals surface area contributed by atoms with E-state index in [0.29, 0.717) is 18.6 Å². The lowest BCUT2D eigenvalue weighted by Gasteiger charge is -2.29. The van der Waals surface area contributed by atoms with Crippen molar-refractivity contribution in [3.63, 3.8) is 0 Å². The highest BCUT2D eigenvalue weighted by Gasteiger charge is 2.16. The first-order valence-corrected chi connectivity index (χ1v) is 5.67. The first-order chi connectivity index (χ1) is 7.84. The average Bonchev–Trinajstić information content (AvgIpc) is 2.74. The standard InChI is InChI=1S/C13H14N2O/c16-12-6-8-14(9-7-12)15-10-5-11-3-1-2-4-13(11)15/h1-5,10H,6-9H2. The van der Waals surface area contributed by atoms with Crippen molar-refractivity contribution in [1.82, 2.24) is 4.68 Å². The van der Waals surface area contributed by atoms with Crippen LogP contribution in [0.3, 0.4) is 0 Å². The predicted molar refractivity (Wildman–Crippen MR) is 64.1 cm³/mol. The number of hydrogen-bond acceptors (Lipinski definition) is 2. The molecule has 82 valence electrons. The van der Waals surface area contributed by atoms with Gasteiger partial charge < -0.3 is 5.01 Å². The predicted octanol–water partition coefficient (Wildman–Crippen LogP) is 1.94. The molecule has 1 aliphatic heterocycles. The first-order valence-electron chi connectivity index (χ1n) is 5.67. The monoisotopic (exact) mass is 214 g/mol. The van der Waals surface area contributed by atoms with Crippen molar-refractivity contribution >= 4 is 16.7 Å². The maximum absolute atomic E-state index is 11.2. The van der Waals surface area contributed by atoms with Gasteiger partial charge in [0.15, 0.2) is 0 Å². The lowest BCUT2D eigenvalue weighted by Crippen LogP contribution is -2.41. The Hall–Kier alpha value is -1.77. The first kappa shape index (κ1) is 9.46. The molecule has 0 atom stereocenters. The number of carbonyl (C=O) groups excluding carboxylic acids is 1. The minimum Gasteiger partial charge on any atom is -0.312 e. The van der Waals surface area contributed by atoms with Gasteiger partial charge in [-0.3, -0.25) is 9.47 Å². The number of piperidine rings is 1. The van der Waals surface area contributed by atoms with Gasteiger partial charge >= 0.3 is 0 Å². The zero-order valence-corrected chi connectivity index (χ0v) is 9.10. The van der Waals surface area contributed by atoms with E-state index in [0.717, 1.165) is 13.1 Å². The van der Waals surface area contributed by atoms with Crippen LogP contribution in [0.5, 0.6) is 0 Å². The molecule has 16 heavy (non-hydrogen) atoms. The van der Waals surface area contributed by atoms with Crippen molar-refractivity contribution in [1.29, 1.82) is 0 Å². The molecule has 3 heteroatoms. The van der Waals surface area contributed by atoms with Gasteiger partial charge in [0.2, 0.25) is 0 Å². The van der Waals surface area contributed by atoms with E-state index in [9.17, 15) is 4.79 Å². The fourth-order valence-electron chi connectivity index (χ4n) is 2.27. The number of Topliss-reactive ketones (excluding diaryl/α,β-unsaturated/α-hetero) is 1. The molecule has 0 aliphatic carbocycles. The summed E-state index contributed by atoms with van der Waals surface area (Å²) in [6.07, 6.45) is 3.43. The Balaban J connectivity index is 1.97. The summed E-state index contributed by atoms with van der Waals surface area (Å²) in [7, 11) is 0. The third kappa shape index (κ3) is 1.48. The summed E-state index contributed by atoms with van der Waals surface area (Å²) in [5.74, 6) is 0.382. The van der Waals surface area contributed by atoms with Crippen molar-refractivity contribution in [2.75, 3.05) is 18.1 Å².